The summed E-state index contributed by atoms with van der Waals surface area (Å²) in [6.07, 6.45) is 0. The van der Waals surface area contributed by atoms with Crippen molar-refractivity contribution in [2.24, 2.45) is 0 Å². The first kappa shape index (κ1) is 14.5. The Balaban J connectivity index is 2.36. The van der Waals surface area contributed by atoms with Gasteiger partial charge in [0, 0.05) is 0 Å². The molecule has 0 aliphatic carbocycles. The molecule has 2 nitrogen and oxygen atoms in total. The summed E-state index contributed by atoms with van der Waals surface area (Å²) in [6, 6.07) is 8.21. The Morgan fingerprint density at radius 2 is 1.71 bits per heavy atom. The maximum absolute atomic E-state index is 14.1. The summed E-state index contributed by atoms with van der Waals surface area (Å²) in [5.41, 5.74) is 1.67. The molecule has 1 heterocycles. The first-order chi connectivity index (χ1) is 9.99. The van der Waals surface area contributed by atoms with Crippen LogP contribution in [0.2, 0.25) is 15.2 Å². The number of aromatic nitrogens is 2. The molecule has 0 fully saturated rings. The zero-order valence-corrected chi connectivity index (χ0v) is 13.1. The lowest BCUT2D eigenvalue weighted by molar-refractivity contribution is 0.630. The second kappa shape index (κ2) is 5.41. The summed E-state index contributed by atoms with van der Waals surface area (Å²) in [6.45, 7) is 1.88. The van der Waals surface area contributed by atoms with Crippen LogP contribution in [-0.4, -0.2) is 9.97 Å². The van der Waals surface area contributed by atoms with Gasteiger partial charge in [-0.2, -0.15) is 0 Å². The predicted molar refractivity (Wildman–Crippen MR) is 84.7 cm³/mol. The van der Waals surface area contributed by atoms with Crippen molar-refractivity contribution in [1.82, 2.24) is 9.97 Å². The average molecular weight is 342 g/mol. The van der Waals surface area contributed by atoms with E-state index in [0.29, 0.717) is 15.9 Å². The fraction of sp³-hybridized carbons (Fsp3) is 0.0667. The van der Waals surface area contributed by atoms with Crippen molar-refractivity contribution in [3.05, 3.63) is 56.9 Å². The van der Waals surface area contributed by atoms with Crippen LogP contribution in [0, 0.1) is 12.7 Å². The van der Waals surface area contributed by atoms with E-state index in [1.54, 1.807) is 18.2 Å². The Labute approximate surface area is 135 Å². The normalized spacial score (nSPS) is 11.1. The van der Waals surface area contributed by atoms with E-state index in [0.717, 1.165) is 5.56 Å². The van der Waals surface area contributed by atoms with Crippen LogP contribution in [0.15, 0.2) is 30.3 Å². The summed E-state index contributed by atoms with van der Waals surface area (Å²) in [5, 5.41) is 1.21. The second-order valence-corrected chi connectivity index (χ2v) is 5.70. The number of rotatable bonds is 1. The number of hydrogen-bond donors (Lipinski definition) is 0. The van der Waals surface area contributed by atoms with Crippen molar-refractivity contribution in [2.45, 2.75) is 6.92 Å². The van der Waals surface area contributed by atoms with Crippen molar-refractivity contribution in [3.63, 3.8) is 0 Å². The minimum Gasteiger partial charge on any atom is -0.227 e. The number of benzene rings is 2. The van der Waals surface area contributed by atoms with Crippen LogP contribution in [0.4, 0.5) is 4.39 Å². The quantitative estimate of drug-likeness (QED) is 0.530. The van der Waals surface area contributed by atoms with E-state index in [2.05, 4.69) is 9.97 Å². The Morgan fingerprint density at radius 1 is 0.952 bits per heavy atom. The van der Waals surface area contributed by atoms with E-state index in [-0.39, 0.29) is 21.6 Å². The van der Waals surface area contributed by atoms with Crippen LogP contribution in [-0.2, 0) is 0 Å². The van der Waals surface area contributed by atoms with Crippen molar-refractivity contribution in [2.75, 3.05) is 0 Å². The van der Waals surface area contributed by atoms with Gasteiger partial charge in [0.1, 0.15) is 5.15 Å². The highest BCUT2D eigenvalue weighted by Gasteiger charge is 2.16. The van der Waals surface area contributed by atoms with Crippen LogP contribution >= 0.6 is 34.8 Å². The summed E-state index contributed by atoms with van der Waals surface area (Å²) in [4.78, 5) is 8.54. The van der Waals surface area contributed by atoms with Gasteiger partial charge in [0.05, 0.1) is 26.5 Å². The molecule has 0 spiro atoms. The highest BCUT2D eigenvalue weighted by atomic mass is 35.5. The lowest BCUT2D eigenvalue weighted by Crippen LogP contribution is -1.96. The van der Waals surface area contributed by atoms with E-state index in [1.165, 1.54) is 6.07 Å². The van der Waals surface area contributed by atoms with E-state index >= 15 is 0 Å². The first-order valence-corrected chi connectivity index (χ1v) is 7.19. The smallest absolute Gasteiger partial charge is 0.164 e. The fourth-order valence-electron chi connectivity index (χ4n) is 2.09. The third-order valence-electron chi connectivity index (χ3n) is 3.15. The molecule has 0 radical (unpaired) electrons. The number of fused-ring (bicyclic) bond motifs is 1. The molecule has 106 valence electrons. The zero-order valence-electron chi connectivity index (χ0n) is 10.8. The van der Waals surface area contributed by atoms with Crippen LogP contribution < -0.4 is 0 Å². The summed E-state index contributed by atoms with van der Waals surface area (Å²) in [5.74, 6) is -0.396. The maximum atomic E-state index is 14.1. The molecular formula is C15H8Cl3FN2. The molecule has 0 aliphatic rings. The standard InChI is InChI=1S/C15H8Cl3FN2/c1-7-5-6-9(16)11-13(7)20-15(21-14(11)18)8-3-2-4-10(17)12(8)19/h2-6H,1H3. The highest BCUT2D eigenvalue weighted by Crippen LogP contribution is 2.33. The van der Waals surface area contributed by atoms with Crippen molar-refractivity contribution < 1.29 is 4.39 Å². The molecule has 0 aliphatic heterocycles. The fourth-order valence-corrected chi connectivity index (χ4v) is 2.82. The monoisotopic (exact) mass is 340 g/mol. The second-order valence-electron chi connectivity index (χ2n) is 4.53. The first-order valence-electron chi connectivity index (χ1n) is 6.06. The lowest BCUT2D eigenvalue weighted by atomic mass is 10.1. The van der Waals surface area contributed by atoms with Crippen LogP contribution in [0.1, 0.15) is 5.56 Å². The molecule has 0 unspecified atom stereocenters. The molecule has 0 atom stereocenters. The summed E-state index contributed by atoms with van der Waals surface area (Å²) in [7, 11) is 0. The highest BCUT2D eigenvalue weighted by molar-refractivity contribution is 6.41. The molecule has 0 saturated carbocycles. The van der Waals surface area contributed by atoms with Gasteiger partial charge in [-0.05, 0) is 30.7 Å². The molecule has 0 N–H and O–H groups in total. The maximum Gasteiger partial charge on any atom is 0.164 e. The summed E-state index contributed by atoms with van der Waals surface area (Å²) < 4.78 is 14.1. The molecule has 0 bridgehead atoms. The predicted octanol–water partition coefficient (Wildman–Crippen LogP) is 5.70. The SMILES string of the molecule is Cc1ccc(Cl)c2c(Cl)nc(-c3cccc(Cl)c3F)nc12. The number of hydrogen-bond acceptors (Lipinski definition) is 2. The molecule has 3 aromatic rings. The molecule has 6 heteroatoms. The van der Waals surface area contributed by atoms with Crippen molar-refractivity contribution in [1.29, 1.82) is 0 Å². The van der Waals surface area contributed by atoms with E-state index in [9.17, 15) is 4.39 Å². The largest absolute Gasteiger partial charge is 0.227 e. The van der Waals surface area contributed by atoms with E-state index in [1.807, 2.05) is 13.0 Å². The van der Waals surface area contributed by atoms with Gasteiger partial charge in [-0.3, -0.25) is 0 Å². The Morgan fingerprint density at radius 3 is 2.48 bits per heavy atom. The van der Waals surface area contributed by atoms with Gasteiger partial charge in [-0.1, -0.05) is 46.9 Å². The third-order valence-corrected chi connectivity index (χ3v) is 4.03. The molecule has 0 amide bonds. The minimum atomic E-state index is -0.575. The van der Waals surface area contributed by atoms with E-state index < -0.39 is 5.82 Å². The van der Waals surface area contributed by atoms with E-state index in [4.69, 9.17) is 34.8 Å². The molecule has 3 rings (SSSR count). The average Bonchev–Trinajstić information content (AvgIpc) is 2.45. The van der Waals surface area contributed by atoms with Crippen LogP contribution in [0.5, 0.6) is 0 Å². The van der Waals surface area contributed by atoms with Gasteiger partial charge >= 0.3 is 0 Å². The van der Waals surface area contributed by atoms with Crippen LogP contribution in [0.25, 0.3) is 22.3 Å². The lowest BCUT2D eigenvalue weighted by Gasteiger charge is -2.09. The van der Waals surface area contributed by atoms with Crippen LogP contribution in [0.3, 0.4) is 0 Å². The van der Waals surface area contributed by atoms with Crippen molar-refractivity contribution >= 4 is 45.7 Å². The minimum absolute atomic E-state index is 0.00938. The van der Waals surface area contributed by atoms with Gasteiger partial charge in [0.2, 0.25) is 0 Å². The van der Waals surface area contributed by atoms with Gasteiger partial charge in [0.25, 0.3) is 0 Å². The molecular weight excluding hydrogens is 334 g/mol. The zero-order chi connectivity index (χ0) is 15.1. The number of nitrogens with zero attached hydrogens (tertiary/aromatic N) is 2. The molecule has 1 aromatic heterocycles. The number of halogens is 4. The summed E-state index contributed by atoms with van der Waals surface area (Å²) >= 11 is 18.1. The van der Waals surface area contributed by atoms with Gasteiger partial charge in [0.15, 0.2) is 11.6 Å². The van der Waals surface area contributed by atoms with Crippen molar-refractivity contribution in [3.8, 4) is 11.4 Å². The molecule has 0 saturated heterocycles. The topological polar surface area (TPSA) is 25.8 Å². The Kier molecular flexibility index (Phi) is 3.74. The third kappa shape index (κ3) is 2.46. The molecule has 21 heavy (non-hydrogen) atoms. The molecule has 2 aromatic carbocycles. The van der Waals surface area contributed by atoms with Gasteiger partial charge in [-0.15, -0.1) is 0 Å². The van der Waals surface area contributed by atoms with Gasteiger partial charge < -0.3 is 0 Å². The Hall–Kier alpha value is -1.42. The van der Waals surface area contributed by atoms with Gasteiger partial charge in [-0.25, -0.2) is 14.4 Å². The number of aryl methyl sites for hydroxylation is 1. The Bertz CT molecular complexity index is 865.